The van der Waals surface area contributed by atoms with Crippen LogP contribution in [0, 0.1) is 0 Å². The molecule has 0 saturated carbocycles. The van der Waals surface area contributed by atoms with Gasteiger partial charge in [0.05, 0.1) is 19.7 Å². The number of aromatic nitrogens is 3. The molecule has 0 radical (unpaired) electrons. The number of nitrogens with one attached hydrogen (secondary N) is 1. The Morgan fingerprint density at radius 3 is 2.88 bits per heavy atom. The van der Waals surface area contributed by atoms with Crippen LogP contribution in [0.5, 0.6) is 0 Å². The second kappa shape index (κ2) is 5.80. The largest absolute Gasteiger partial charge is 0.522 e. The highest BCUT2D eigenvalue weighted by Crippen LogP contribution is 2.15. The predicted molar refractivity (Wildman–Crippen MR) is 49.4 cm³/mol. The first kappa shape index (κ1) is 12.9. The topological polar surface area (TPSA) is 52.0 Å². The molecule has 0 fully saturated rings. The molecule has 1 N–H and O–H groups in total. The zero-order valence-corrected chi connectivity index (χ0v) is 8.79. The van der Waals surface area contributed by atoms with Gasteiger partial charge >= 0.3 is 6.36 Å². The Morgan fingerprint density at radius 2 is 2.25 bits per heavy atom. The van der Waals surface area contributed by atoms with E-state index >= 15 is 0 Å². The first-order valence-electron chi connectivity index (χ1n) is 4.81. The summed E-state index contributed by atoms with van der Waals surface area (Å²) in [5, 5.41) is 6.82. The number of halogens is 3. The van der Waals surface area contributed by atoms with E-state index in [4.69, 9.17) is 0 Å². The van der Waals surface area contributed by atoms with E-state index in [0.717, 1.165) is 6.54 Å². The van der Waals surface area contributed by atoms with Crippen molar-refractivity contribution in [1.82, 2.24) is 20.1 Å². The van der Waals surface area contributed by atoms with Gasteiger partial charge in [-0.15, -0.1) is 13.2 Å². The second-order valence-corrected chi connectivity index (χ2v) is 2.97. The van der Waals surface area contributed by atoms with Gasteiger partial charge < -0.3 is 5.32 Å². The van der Waals surface area contributed by atoms with Gasteiger partial charge in [0.15, 0.2) is 0 Å². The summed E-state index contributed by atoms with van der Waals surface area (Å²) in [6.45, 7) is 2.72. The molecule has 0 unspecified atom stereocenters. The zero-order valence-electron chi connectivity index (χ0n) is 8.79. The summed E-state index contributed by atoms with van der Waals surface area (Å²) in [6.07, 6.45) is -3.29. The highest BCUT2D eigenvalue weighted by Gasteiger charge is 2.28. The fourth-order valence-electron chi connectivity index (χ4n) is 1.10. The van der Waals surface area contributed by atoms with E-state index in [1.165, 1.54) is 11.0 Å². The van der Waals surface area contributed by atoms with E-state index < -0.39 is 13.0 Å². The highest BCUT2D eigenvalue weighted by molar-refractivity contribution is 4.83. The summed E-state index contributed by atoms with van der Waals surface area (Å²) in [5.74, 6) is 0.590. The molecule has 0 aliphatic rings. The quantitative estimate of drug-likeness (QED) is 0.800. The normalized spacial score (nSPS) is 12.0. The van der Waals surface area contributed by atoms with Crippen molar-refractivity contribution in [3.05, 3.63) is 12.2 Å². The van der Waals surface area contributed by atoms with Crippen molar-refractivity contribution in [2.24, 2.45) is 0 Å². The van der Waals surface area contributed by atoms with Crippen LogP contribution in [0.1, 0.15) is 12.7 Å². The Kier molecular flexibility index (Phi) is 4.69. The van der Waals surface area contributed by atoms with Crippen molar-refractivity contribution in [1.29, 1.82) is 0 Å². The Bertz CT molecular complexity index is 312. The van der Waals surface area contributed by atoms with Crippen molar-refractivity contribution in [2.75, 3.05) is 13.2 Å². The minimum atomic E-state index is -4.59. The third-order valence-electron chi connectivity index (χ3n) is 1.80. The van der Waals surface area contributed by atoms with Gasteiger partial charge in [-0.25, -0.2) is 9.67 Å². The summed E-state index contributed by atoms with van der Waals surface area (Å²) in [4.78, 5) is 3.92. The molecular formula is C8H13F3N4O. The van der Waals surface area contributed by atoms with Gasteiger partial charge in [0.2, 0.25) is 0 Å². The van der Waals surface area contributed by atoms with E-state index in [1.54, 1.807) is 0 Å². The van der Waals surface area contributed by atoms with Gasteiger partial charge in [0, 0.05) is 0 Å². The van der Waals surface area contributed by atoms with Crippen molar-refractivity contribution >= 4 is 0 Å². The smallest absolute Gasteiger partial charge is 0.310 e. The minimum Gasteiger partial charge on any atom is -0.310 e. The molecule has 0 bridgehead atoms. The van der Waals surface area contributed by atoms with Gasteiger partial charge in [-0.3, -0.25) is 4.74 Å². The van der Waals surface area contributed by atoms with Crippen molar-refractivity contribution in [3.63, 3.8) is 0 Å². The average molecular weight is 238 g/mol. The van der Waals surface area contributed by atoms with Crippen LogP contribution in [0.4, 0.5) is 13.2 Å². The third kappa shape index (κ3) is 4.58. The highest BCUT2D eigenvalue weighted by atomic mass is 19.4. The molecule has 1 aromatic heterocycles. The molecule has 8 heteroatoms. The average Bonchev–Trinajstić information content (AvgIpc) is 2.60. The number of ether oxygens (including phenoxy) is 1. The summed E-state index contributed by atoms with van der Waals surface area (Å²) in [6, 6.07) is 0. The lowest BCUT2D eigenvalue weighted by Crippen LogP contribution is -2.21. The number of rotatable bonds is 6. The van der Waals surface area contributed by atoms with Crippen LogP contribution in [0.25, 0.3) is 0 Å². The first-order valence-corrected chi connectivity index (χ1v) is 4.81. The Labute approximate surface area is 90.6 Å². The van der Waals surface area contributed by atoms with E-state index in [2.05, 4.69) is 20.1 Å². The zero-order chi connectivity index (χ0) is 12.0. The maximum absolute atomic E-state index is 11.7. The van der Waals surface area contributed by atoms with Crippen LogP contribution < -0.4 is 5.32 Å². The molecular weight excluding hydrogens is 225 g/mol. The lowest BCUT2D eigenvalue weighted by molar-refractivity contribution is -0.325. The molecule has 1 rings (SSSR count). The SMILES string of the molecule is CCNCc1ncnn1CCOC(F)(F)F. The lowest BCUT2D eigenvalue weighted by atomic mass is 10.5. The molecule has 0 saturated heterocycles. The molecule has 1 heterocycles. The maximum Gasteiger partial charge on any atom is 0.522 e. The third-order valence-corrected chi connectivity index (χ3v) is 1.80. The molecule has 5 nitrogen and oxygen atoms in total. The number of nitrogens with zero attached hydrogens (tertiary/aromatic N) is 3. The minimum absolute atomic E-state index is 0.0280. The Balaban J connectivity index is 2.38. The molecule has 0 amide bonds. The number of alkyl halides is 3. The van der Waals surface area contributed by atoms with Crippen LogP contribution in [-0.4, -0.2) is 34.3 Å². The maximum atomic E-state index is 11.7. The molecule has 16 heavy (non-hydrogen) atoms. The summed E-state index contributed by atoms with van der Waals surface area (Å²) in [5.41, 5.74) is 0. The van der Waals surface area contributed by atoms with Crippen LogP contribution in [0.15, 0.2) is 6.33 Å². The molecule has 0 aliphatic heterocycles. The molecule has 92 valence electrons. The van der Waals surface area contributed by atoms with Gasteiger partial charge in [-0.1, -0.05) is 6.92 Å². The van der Waals surface area contributed by atoms with Crippen molar-refractivity contribution < 1.29 is 17.9 Å². The second-order valence-electron chi connectivity index (χ2n) is 2.97. The molecule has 1 aromatic rings. The summed E-state index contributed by atoms with van der Waals surface area (Å²) >= 11 is 0. The summed E-state index contributed by atoms with van der Waals surface area (Å²) < 4.78 is 40.2. The van der Waals surface area contributed by atoms with E-state index in [0.29, 0.717) is 12.4 Å². The molecule has 0 atom stereocenters. The Morgan fingerprint density at radius 1 is 1.50 bits per heavy atom. The first-order chi connectivity index (χ1) is 7.53. The standard InChI is InChI=1S/C8H13F3N4O/c1-2-12-5-7-13-6-14-15(7)3-4-16-8(9,10)11/h6,12H,2-5H2,1H3. The molecule has 0 spiro atoms. The molecule has 0 aromatic carbocycles. The van der Waals surface area contributed by atoms with Crippen molar-refractivity contribution in [2.45, 2.75) is 26.4 Å². The fourth-order valence-corrected chi connectivity index (χ4v) is 1.10. The fraction of sp³-hybridized carbons (Fsp3) is 0.750. The van der Waals surface area contributed by atoms with Crippen LogP contribution >= 0.6 is 0 Å². The monoisotopic (exact) mass is 238 g/mol. The lowest BCUT2D eigenvalue weighted by Gasteiger charge is -2.08. The summed E-state index contributed by atoms with van der Waals surface area (Å²) in [7, 11) is 0. The van der Waals surface area contributed by atoms with E-state index in [9.17, 15) is 13.2 Å². The number of hydrogen-bond donors (Lipinski definition) is 1. The Hall–Kier alpha value is -1.15. The van der Waals surface area contributed by atoms with Crippen LogP contribution in [-0.2, 0) is 17.8 Å². The van der Waals surface area contributed by atoms with Gasteiger partial charge in [0.25, 0.3) is 0 Å². The van der Waals surface area contributed by atoms with E-state index in [1.807, 2.05) is 6.92 Å². The van der Waals surface area contributed by atoms with Gasteiger partial charge in [-0.2, -0.15) is 5.10 Å². The van der Waals surface area contributed by atoms with Crippen LogP contribution in [0.3, 0.4) is 0 Å². The number of hydrogen-bond acceptors (Lipinski definition) is 4. The van der Waals surface area contributed by atoms with Crippen molar-refractivity contribution in [3.8, 4) is 0 Å². The van der Waals surface area contributed by atoms with Gasteiger partial charge in [-0.05, 0) is 6.54 Å². The van der Waals surface area contributed by atoms with Crippen LogP contribution in [0.2, 0.25) is 0 Å². The molecule has 0 aliphatic carbocycles. The van der Waals surface area contributed by atoms with E-state index in [-0.39, 0.29) is 6.54 Å². The van der Waals surface area contributed by atoms with Gasteiger partial charge in [0.1, 0.15) is 12.2 Å². The predicted octanol–water partition coefficient (Wildman–Crippen LogP) is 0.924.